The zero-order chi connectivity index (χ0) is 28.8. The van der Waals surface area contributed by atoms with Crippen molar-refractivity contribution in [2.75, 3.05) is 47.4 Å². The molecule has 2 aliphatic rings. The molecule has 2 bridgehead atoms. The summed E-state index contributed by atoms with van der Waals surface area (Å²) >= 11 is 6.95. The number of rotatable bonds is 12. The summed E-state index contributed by atoms with van der Waals surface area (Å²) in [6, 6.07) is 18.8. The highest BCUT2D eigenvalue weighted by Gasteiger charge is 2.43. The standard InChI is InChI=1S/C32H36ClN3O5/c1-34-29(31(37)35-20-32-14-16-36(21-32)17-15-32)26-12-13-27(40-18-22-4-8-24(38-2)9-5-22)30(28(26)33)41-19-23-6-10-25(39-3)11-7-23/h4-13H,14-21H2,1-3H3,(H,35,37). The molecule has 0 radical (unpaired) electrons. The average molecular weight is 578 g/mol. The smallest absolute Gasteiger partial charge is 0.270 e. The number of carbonyl (C=O) groups is 1. The van der Waals surface area contributed by atoms with Crippen LogP contribution < -0.4 is 24.3 Å². The van der Waals surface area contributed by atoms with Crippen molar-refractivity contribution in [3.8, 4) is 23.0 Å². The second-order valence-corrected chi connectivity index (χ2v) is 10.9. The minimum atomic E-state index is -0.248. The molecule has 0 saturated carbocycles. The normalized spacial score (nSPS) is 19.6. The second kappa shape index (κ2) is 12.8. The van der Waals surface area contributed by atoms with Gasteiger partial charge in [-0.25, -0.2) is 0 Å². The first-order chi connectivity index (χ1) is 19.9. The zero-order valence-electron chi connectivity index (χ0n) is 23.7. The summed E-state index contributed by atoms with van der Waals surface area (Å²) in [7, 11) is 4.86. The molecule has 3 aromatic rings. The molecule has 8 nitrogen and oxygen atoms in total. The Kier molecular flexibility index (Phi) is 9.00. The molecule has 0 aliphatic carbocycles. The Balaban J connectivity index is 1.36. The average Bonchev–Trinajstić information content (AvgIpc) is 3.62. The van der Waals surface area contributed by atoms with Crippen molar-refractivity contribution in [1.29, 1.82) is 0 Å². The van der Waals surface area contributed by atoms with Gasteiger partial charge in [-0.3, -0.25) is 9.79 Å². The lowest BCUT2D eigenvalue weighted by molar-refractivity contribution is -0.115. The Hall–Kier alpha value is -3.75. The maximum Gasteiger partial charge on any atom is 0.270 e. The Morgan fingerprint density at radius 3 is 2.00 bits per heavy atom. The first-order valence-corrected chi connectivity index (χ1v) is 14.1. The van der Waals surface area contributed by atoms with Crippen molar-refractivity contribution in [2.24, 2.45) is 10.4 Å². The monoisotopic (exact) mass is 577 g/mol. The number of fused-ring (bicyclic) bond motifs is 2. The van der Waals surface area contributed by atoms with Crippen LogP contribution in [0.25, 0.3) is 0 Å². The minimum Gasteiger partial charge on any atom is -0.497 e. The lowest BCUT2D eigenvalue weighted by atomic mass is 9.84. The van der Waals surface area contributed by atoms with E-state index < -0.39 is 0 Å². The van der Waals surface area contributed by atoms with Gasteiger partial charge in [0.15, 0.2) is 11.5 Å². The van der Waals surface area contributed by atoms with Crippen LogP contribution in [-0.4, -0.2) is 64.0 Å². The third-order valence-electron chi connectivity index (χ3n) is 7.95. The molecule has 3 aromatic carbocycles. The van der Waals surface area contributed by atoms with E-state index in [1.54, 1.807) is 33.4 Å². The van der Waals surface area contributed by atoms with Crippen molar-refractivity contribution in [3.05, 3.63) is 82.4 Å². The van der Waals surface area contributed by atoms with Crippen LogP contribution in [0.3, 0.4) is 0 Å². The van der Waals surface area contributed by atoms with E-state index in [1.165, 1.54) is 0 Å². The van der Waals surface area contributed by atoms with E-state index in [9.17, 15) is 4.79 Å². The molecule has 2 fully saturated rings. The maximum absolute atomic E-state index is 13.3. The van der Waals surface area contributed by atoms with Crippen molar-refractivity contribution < 1.29 is 23.7 Å². The number of nitrogens with zero attached hydrogens (tertiary/aromatic N) is 2. The summed E-state index contributed by atoms with van der Waals surface area (Å²) in [5.74, 6) is 2.10. The number of piperidine rings is 1. The first kappa shape index (κ1) is 28.8. The topological polar surface area (TPSA) is 81.6 Å². The molecule has 0 unspecified atom stereocenters. The lowest BCUT2D eigenvalue weighted by Crippen LogP contribution is -2.40. The van der Waals surface area contributed by atoms with Gasteiger partial charge in [0.25, 0.3) is 5.91 Å². The van der Waals surface area contributed by atoms with Crippen LogP contribution in [0.4, 0.5) is 0 Å². The van der Waals surface area contributed by atoms with Crippen molar-refractivity contribution in [1.82, 2.24) is 10.2 Å². The molecule has 0 atom stereocenters. The van der Waals surface area contributed by atoms with Gasteiger partial charge in [0, 0.05) is 31.1 Å². The third kappa shape index (κ3) is 6.60. The fourth-order valence-electron chi connectivity index (χ4n) is 5.48. The van der Waals surface area contributed by atoms with E-state index in [2.05, 4.69) is 15.2 Å². The van der Waals surface area contributed by atoms with Gasteiger partial charge in [0.2, 0.25) is 0 Å². The third-order valence-corrected chi connectivity index (χ3v) is 8.33. The van der Waals surface area contributed by atoms with Crippen LogP contribution >= 0.6 is 11.6 Å². The summed E-state index contributed by atoms with van der Waals surface area (Å²) in [6.45, 7) is 4.41. The predicted molar refractivity (Wildman–Crippen MR) is 160 cm³/mol. The van der Waals surface area contributed by atoms with E-state index in [0.29, 0.717) is 30.2 Å². The summed E-state index contributed by atoms with van der Waals surface area (Å²) in [5, 5.41) is 3.40. The number of amides is 1. The number of carbonyl (C=O) groups excluding carboxylic acids is 1. The Morgan fingerprint density at radius 1 is 0.902 bits per heavy atom. The molecule has 41 heavy (non-hydrogen) atoms. The molecule has 0 spiro atoms. The predicted octanol–water partition coefficient (Wildman–Crippen LogP) is 5.15. The van der Waals surface area contributed by atoms with E-state index >= 15 is 0 Å². The Labute approximate surface area is 246 Å². The fourth-order valence-corrected chi connectivity index (χ4v) is 5.78. The van der Waals surface area contributed by atoms with Gasteiger partial charge in [-0.15, -0.1) is 0 Å². The van der Waals surface area contributed by atoms with Gasteiger partial charge in [-0.05, 0) is 73.5 Å². The molecular weight excluding hydrogens is 542 g/mol. The van der Waals surface area contributed by atoms with Crippen molar-refractivity contribution in [2.45, 2.75) is 26.1 Å². The minimum absolute atomic E-state index is 0.157. The van der Waals surface area contributed by atoms with Gasteiger partial charge in [0.1, 0.15) is 30.4 Å². The number of aliphatic imine (C=N–C) groups is 1. The maximum atomic E-state index is 13.3. The molecule has 2 aliphatic heterocycles. The summed E-state index contributed by atoms with van der Waals surface area (Å²) in [6.07, 6.45) is 2.21. The first-order valence-electron chi connectivity index (χ1n) is 13.8. The van der Waals surface area contributed by atoms with E-state index in [1.807, 2.05) is 48.5 Å². The summed E-state index contributed by atoms with van der Waals surface area (Å²) < 4.78 is 22.9. The van der Waals surface area contributed by atoms with Crippen LogP contribution in [-0.2, 0) is 18.0 Å². The highest BCUT2D eigenvalue weighted by Crippen LogP contribution is 2.41. The van der Waals surface area contributed by atoms with Crippen molar-refractivity contribution in [3.63, 3.8) is 0 Å². The lowest BCUT2D eigenvalue weighted by Gasteiger charge is -2.25. The van der Waals surface area contributed by atoms with Crippen LogP contribution in [0, 0.1) is 5.41 Å². The van der Waals surface area contributed by atoms with Gasteiger partial charge in [-0.1, -0.05) is 35.9 Å². The quantitative estimate of drug-likeness (QED) is 0.300. The number of halogens is 1. The number of nitrogens with one attached hydrogen (secondary N) is 1. The fraction of sp³-hybridized carbons (Fsp3) is 0.375. The van der Waals surface area contributed by atoms with Gasteiger partial charge < -0.3 is 29.2 Å². The van der Waals surface area contributed by atoms with Gasteiger partial charge >= 0.3 is 0 Å². The molecule has 5 rings (SSSR count). The molecule has 9 heteroatoms. The van der Waals surface area contributed by atoms with Crippen LogP contribution in [0.2, 0.25) is 5.02 Å². The summed E-state index contributed by atoms with van der Waals surface area (Å²) in [4.78, 5) is 20.1. The zero-order valence-corrected chi connectivity index (χ0v) is 24.5. The molecular formula is C32H36ClN3O5. The summed E-state index contributed by atoms with van der Waals surface area (Å²) in [5.41, 5.74) is 2.79. The Morgan fingerprint density at radius 2 is 1.49 bits per heavy atom. The van der Waals surface area contributed by atoms with Crippen LogP contribution in [0.15, 0.2) is 65.7 Å². The molecule has 2 heterocycles. The number of benzene rings is 3. The number of methoxy groups -OCH3 is 2. The highest BCUT2D eigenvalue weighted by atomic mass is 35.5. The molecule has 216 valence electrons. The van der Waals surface area contributed by atoms with Crippen LogP contribution in [0.5, 0.6) is 23.0 Å². The van der Waals surface area contributed by atoms with Crippen LogP contribution in [0.1, 0.15) is 29.5 Å². The van der Waals surface area contributed by atoms with E-state index in [-0.39, 0.29) is 28.7 Å². The number of ether oxygens (including phenoxy) is 4. The number of hydrogen-bond donors (Lipinski definition) is 1. The van der Waals surface area contributed by atoms with E-state index in [0.717, 1.165) is 55.1 Å². The largest absolute Gasteiger partial charge is 0.497 e. The van der Waals surface area contributed by atoms with Crippen molar-refractivity contribution >= 4 is 23.2 Å². The Bertz CT molecular complexity index is 1380. The second-order valence-electron chi connectivity index (χ2n) is 10.6. The molecule has 1 amide bonds. The highest BCUT2D eigenvalue weighted by molar-refractivity contribution is 6.49. The van der Waals surface area contributed by atoms with Gasteiger partial charge in [0.05, 0.1) is 19.2 Å². The SMILES string of the molecule is CN=C(C(=O)NCC12CCN(CC1)C2)c1ccc(OCc2ccc(OC)cc2)c(OCc2ccc(OC)cc2)c1Cl. The van der Waals surface area contributed by atoms with Gasteiger partial charge in [-0.2, -0.15) is 0 Å². The number of hydrogen-bond acceptors (Lipinski definition) is 7. The molecule has 1 N–H and O–H groups in total. The van der Waals surface area contributed by atoms with E-state index in [4.69, 9.17) is 30.5 Å². The molecule has 2 saturated heterocycles. The molecule has 0 aromatic heterocycles.